The van der Waals surface area contributed by atoms with Crippen LogP contribution in [-0.4, -0.2) is 49.3 Å². The summed E-state index contributed by atoms with van der Waals surface area (Å²) in [4.78, 5) is 2.62. The number of hydrogen-bond donors (Lipinski definition) is 1. The summed E-state index contributed by atoms with van der Waals surface area (Å²) >= 11 is 0. The van der Waals surface area contributed by atoms with Crippen LogP contribution in [0.5, 0.6) is 0 Å². The third-order valence-corrected chi connectivity index (χ3v) is 4.91. The van der Waals surface area contributed by atoms with Gasteiger partial charge < -0.3 is 10.1 Å². The number of benzene rings is 1. The van der Waals surface area contributed by atoms with E-state index in [1.165, 1.54) is 24.9 Å². The van der Waals surface area contributed by atoms with Crippen molar-refractivity contribution in [3.05, 3.63) is 35.9 Å². The molecule has 21 heavy (non-hydrogen) atoms. The van der Waals surface area contributed by atoms with Gasteiger partial charge in [0.05, 0.1) is 12.7 Å². The largest absolute Gasteiger partial charge is 0.374 e. The Balaban J connectivity index is 1.44. The molecule has 0 bridgehead atoms. The Morgan fingerprint density at radius 1 is 1.33 bits per heavy atom. The summed E-state index contributed by atoms with van der Waals surface area (Å²) in [5.74, 6) is 0. The quantitative estimate of drug-likeness (QED) is 0.870. The smallest absolute Gasteiger partial charge is 0.0827 e. The van der Waals surface area contributed by atoms with Gasteiger partial charge in [0.25, 0.3) is 0 Å². The molecule has 3 heteroatoms. The van der Waals surface area contributed by atoms with Crippen LogP contribution < -0.4 is 5.32 Å². The molecular weight excluding hydrogens is 260 g/mol. The zero-order chi connectivity index (χ0) is 14.5. The van der Waals surface area contributed by atoms with Gasteiger partial charge in [-0.2, -0.15) is 0 Å². The van der Waals surface area contributed by atoms with Crippen LogP contribution in [0.4, 0.5) is 0 Å². The molecule has 0 spiro atoms. The fourth-order valence-electron chi connectivity index (χ4n) is 3.57. The summed E-state index contributed by atoms with van der Waals surface area (Å²) in [6, 6.07) is 12.0. The van der Waals surface area contributed by atoms with E-state index in [0.717, 1.165) is 32.5 Å². The summed E-state index contributed by atoms with van der Waals surface area (Å²) in [6.45, 7) is 6.56. The second-order valence-electron chi connectivity index (χ2n) is 6.45. The molecule has 3 atom stereocenters. The molecule has 2 aliphatic rings. The third kappa shape index (κ3) is 4.06. The van der Waals surface area contributed by atoms with E-state index in [1.807, 2.05) is 0 Å². The summed E-state index contributed by atoms with van der Waals surface area (Å²) in [7, 11) is 0. The van der Waals surface area contributed by atoms with E-state index in [4.69, 9.17) is 4.74 Å². The van der Waals surface area contributed by atoms with E-state index in [0.29, 0.717) is 18.2 Å². The van der Waals surface area contributed by atoms with Crippen LogP contribution in [0.1, 0.15) is 31.7 Å². The van der Waals surface area contributed by atoms with E-state index in [9.17, 15) is 0 Å². The first-order valence-corrected chi connectivity index (χ1v) is 8.48. The van der Waals surface area contributed by atoms with Crippen LogP contribution in [0.3, 0.4) is 0 Å². The highest BCUT2D eigenvalue weighted by Gasteiger charge is 2.32. The number of ether oxygens (including phenoxy) is 1. The summed E-state index contributed by atoms with van der Waals surface area (Å²) in [6.07, 6.45) is 5.31. The van der Waals surface area contributed by atoms with Gasteiger partial charge in [-0.1, -0.05) is 37.3 Å². The van der Waals surface area contributed by atoms with Crippen LogP contribution in [0, 0.1) is 0 Å². The van der Waals surface area contributed by atoms with Crippen LogP contribution >= 0.6 is 0 Å². The molecule has 1 aromatic rings. The summed E-state index contributed by atoms with van der Waals surface area (Å²) < 4.78 is 6.03. The molecule has 0 amide bonds. The minimum absolute atomic E-state index is 0.365. The standard InChI is InChI=1S/C18H28N2O/c1-2-16(11-15-7-4-3-5-8-15)19-12-18-13-20-10-6-9-17(20)14-21-18/h3-5,7-8,16-19H,2,6,9-14H2,1H3. The van der Waals surface area contributed by atoms with Crippen molar-refractivity contribution in [3.8, 4) is 0 Å². The van der Waals surface area contributed by atoms with Crippen molar-refractivity contribution in [3.63, 3.8) is 0 Å². The monoisotopic (exact) mass is 288 g/mol. The Morgan fingerprint density at radius 2 is 2.19 bits per heavy atom. The van der Waals surface area contributed by atoms with Gasteiger partial charge in [-0.25, -0.2) is 0 Å². The zero-order valence-corrected chi connectivity index (χ0v) is 13.1. The van der Waals surface area contributed by atoms with Gasteiger partial charge in [-0.15, -0.1) is 0 Å². The molecule has 0 aromatic heterocycles. The summed E-state index contributed by atoms with van der Waals surface area (Å²) in [5.41, 5.74) is 1.42. The van der Waals surface area contributed by atoms with Gasteiger partial charge in [0.1, 0.15) is 0 Å². The van der Waals surface area contributed by atoms with Crippen molar-refractivity contribution in [1.29, 1.82) is 0 Å². The average molecular weight is 288 g/mol. The Kier molecular flexibility index (Phi) is 5.28. The molecule has 0 saturated carbocycles. The van der Waals surface area contributed by atoms with Crippen LogP contribution in [-0.2, 0) is 11.2 Å². The number of rotatable bonds is 6. The highest BCUT2D eigenvalue weighted by molar-refractivity contribution is 5.15. The maximum atomic E-state index is 6.03. The van der Waals surface area contributed by atoms with Crippen molar-refractivity contribution in [2.24, 2.45) is 0 Å². The lowest BCUT2D eigenvalue weighted by Gasteiger charge is -2.36. The lowest BCUT2D eigenvalue weighted by molar-refractivity contribution is -0.0478. The second kappa shape index (κ2) is 7.39. The molecule has 3 nitrogen and oxygen atoms in total. The van der Waals surface area contributed by atoms with Crippen LogP contribution in [0.15, 0.2) is 30.3 Å². The normalized spacial score (nSPS) is 27.5. The van der Waals surface area contributed by atoms with E-state index >= 15 is 0 Å². The summed E-state index contributed by atoms with van der Waals surface area (Å²) in [5, 5.41) is 3.72. The molecule has 1 N–H and O–H groups in total. The lowest BCUT2D eigenvalue weighted by Crippen LogP contribution is -2.50. The van der Waals surface area contributed by atoms with Gasteiger partial charge in [-0.3, -0.25) is 4.90 Å². The topological polar surface area (TPSA) is 24.5 Å². The molecule has 2 fully saturated rings. The predicted molar refractivity (Wildman–Crippen MR) is 86.6 cm³/mol. The molecule has 3 unspecified atom stereocenters. The molecule has 0 aliphatic carbocycles. The first kappa shape index (κ1) is 15.0. The van der Waals surface area contributed by atoms with Gasteiger partial charge >= 0.3 is 0 Å². The third-order valence-electron chi connectivity index (χ3n) is 4.91. The van der Waals surface area contributed by atoms with Crippen molar-refractivity contribution < 1.29 is 4.74 Å². The van der Waals surface area contributed by atoms with Gasteiger partial charge in [-0.05, 0) is 37.8 Å². The first-order valence-electron chi connectivity index (χ1n) is 8.48. The molecule has 1 aromatic carbocycles. The Labute approximate surface area is 128 Å². The highest BCUT2D eigenvalue weighted by Crippen LogP contribution is 2.22. The van der Waals surface area contributed by atoms with Crippen molar-refractivity contribution in [2.75, 3.05) is 26.2 Å². The van der Waals surface area contributed by atoms with Crippen molar-refractivity contribution in [1.82, 2.24) is 10.2 Å². The SMILES string of the molecule is CCC(Cc1ccccc1)NCC1CN2CCCC2CO1. The Morgan fingerprint density at radius 3 is 3.00 bits per heavy atom. The first-order chi connectivity index (χ1) is 10.3. The number of nitrogens with zero attached hydrogens (tertiary/aromatic N) is 1. The number of hydrogen-bond acceptors (Lipinski definition) is 3. The second-order valence-corrected chi connectivity index (χ2v) is 6.45. The maximum Gasteiger partial charge on any atom is 0.0827 e. The van der Waals surface area contributed by atoms with Gasteiger partial charge in [0.15, 0.2) is 0 Å². The van der Waals surface area contributed by atoms with Crippen LogP contribution in [0.2, 0.25) is 0 Å². The number of nitrogens with one attached hydrogen (secondary N) is 1. The molecule has 116 valence electrons. The van der Waals surface area contributed by atoms with Crippen molar-refractivity contribution in [2.45, 2.75) is 50.8 Å². The number of fused-ring (bicyclic) bond motifs is 1. The molecule has 0 radical (unpaired) electrons. The fraction of sp³-hybridized carbons (Fsp3) is 0.667. The number of morpholine rings is 1. The van der Waals surface area contributed by atoms with Crippen molar-refractivity contribution >= 4 is 0 Å². The zero-order valence-electron chi connectivity index (χ0n) is 13.1. The maximum absolute atomic E-state index is 6.03. The van der Waals surface area contributed by atoms with E-state index in [2.05, 4.69) is 47.5 Å². The average Bonchev–Trinajstić information content (AvgIpc) is 3.00. The predicted octanol–water partition coefficient (Wildman–Crippen LogP) is 2.46. The highest BCUT2D eigenvalue weighted by atomic mass is 16.5. The Bertz CT molecular complexity index is 422. The minimum Gasteiger partial charge on any atom is -0.374 e. The lowest BCUT2D eigenvalue weighted by atomic mass is 10.0. The van der Waals surface area contributed by atoms with E-state index < -0.39 is 0 Å². The van der Waals surface area contributed by atoms with E-state index in [-0.39, 0.29) is 0 Å². The van der Waals surface area contributed by atoms with Crippen LogP contribution in [0.25, 0.3) is 0 Å². The minimum atomic E-state index is 0.365. The Hall–Kier alpha value is -0.900. The van der Waals surface area contributed by atoms with Gasteiger partial charge in [0, 0.05) is 25.2 Å². The molecule has 2 aliphatic heterocycles. The fourth-order valence-corrected chi connectivity index (χ4v) is 3.57. The molecular formula is C18H28N2O. The molecule has 2 heterocycles. The van der Waals surface area contributed by atoms with E-state index in [1.54, 1.807) is 0 Å². The molecule has 2 saturated heterocycles. The molecule has 3 rings (SSSR count). The van der Waals surface area contributed by atoms with Gasteiger partial charge in [0.2, 0.25) is 0 Å².